The van der Waals surface area contributed by atoms with Crippen molar-refractivity contribution in [2.45, 2.75) is 27.7 Å². The largest absolute Gasteiger partial charge is 0.279 e. The summed E-state index contributed by atoms with van der Waals surface area (Å²) in [6, 6.07) is 0. The zero-order chi connectivity index (χ0) is 15.8. The van der Waals surface area contributed by atoms with E-state index in [9.17, 15) is 16.8 Å². The van der Waals surface area contributed by atoms with Gasteiger partial charge in [-0.05, 0) is 0 Å². The Kier molecular flexibility index (Phi) is 8.79. The van der Waals surface area contributed by atoms with Gasteiger partial charge in [-0.25, -0.2) is 9.44 Å². The van der Waals surface area contributed by atoms with Gasteiger partial charge in [-0.2, -0.15) is 25.4 Å². The molecule has 0 rings (SSSR count). The predicted molar refractivity (Wildman–Crippen MR) is 79.7 cm³/mol. The van der Waals surface area contributed by atoms with Gasteiger partial charge in [-0.1, -0.05) is 27.7 Å². The van der Waals surface area contributed by atoms with Gasteiger partial charge in [0.25, 0.3) is 20.4 Å². The molecule has 0 saturated heterocycles. The van der Waals surface area contributed by atoms with Crippen molar-refractivity contribution >= 4 is 20.4 Å². The molecule has 0 atom stereocenters. The minimum atomic E-state index is -3.54. The van der Waals surface area contributed by atoms with Crippen LogP contribution in [0.1, 0.15) is 27.7 Å². The van der Waals surface area contributed by atoms with Gasteiger partial charge in [-0.3, -0.25) is 0 Å². The molecule has 20 heavy (non-hydrogen) atoms. The first-order valence-corrected chi connectivity index (χ1v) is 9.62. The molecule has 0 aliphatic carbocycles. The SMILES string of the molecule is CCN(CC)S(=O)(=O)NCCNS(=O)(=O)N(CC)CC. The van der Waals surface area contributed by atoms with Crippen molar-refractivity contribution in [2.75, 3.05) is 39.3 Å². The highest BCUT2D eigenvalue weighted by Gasteiger charge is 2.20. The Morgan fingerprint density at radius 2 is 0.900 bits per heavy atom. The van der Waals surface area contributed by atoms with E-state index in [2.05, 4.69) is 9.44 Å². The van der Waals surface area contributed by atoms with E-state index in [0.717, 1.165) is 0 Å². The molecule has 0 aliphatic heterocycles. The van der Waals surface area contributed by atoms with Crippen LogP contribution in [0.5, 0.6) is 0 Å². The summed E-state index contributed by atoms with van der Waals surface area (Å²) in [6.07, 6.45) is 0. The predicted octanol–water partition coefficient (Wildman–Crippen LogP) is -0.661. The topological polar surface area (TPSA) is 98.8 Å². The average molecular weight is 330 g/mol. The van der Waals surface area contributed by atoms with Crippen molar-refractivity contribution in [1.82, 2.24) is 18.1 Å². The minimum absolute atomic E-state index is 0.0132. The van der Waals surface area contributed by atoms with Gasteiger partial charge in [-0.15, -0.1) is 0 Å². The normalized spacial score (nSPS) is 13.3. The molecule has 0 unspecified atom stereocenters. The van der Waals surface area contributed by atoms with Gasteiger partial charge in [0.1, 0.15) is 0 Å². The maximum atomic E-state index is 11.8. The van der Waals surface area contributed by atoms with E-state index >= 15 is 0 Å². The smallest absolute Gasteiger partial charge is 0.201 e. The summed E-state index contributed by atoms with van der Waals surface area (Å²) in [5.74, 6) is 0. The molecule has 0 saturated carbocycles. The number of hydrogen-bond donors (Lipinski definition) is 2. The molecule has 8 nitrogen and oxygen atoms in total. The Bertz CT molecular complexity index is 412. The van der Waals surface area contributed by atoms with E-state index in [1.165, 1.54) is 8.61 Å². The van der Waals surface area contributed by atoms with Crippen LogP contribution in [-0.2, 0) is 20.4 Å². The minimum Gasteiger partial charge on any atom is -0.201 e. The lowest BCUT2D eigenvalue weighted by atomic mass is 10.7. The Morgan fingerprint density at radius 1 is 0.650 bits per heavy atom. The second kappa shape index (κ2) is 8.90. The summed E-state index contributed by atoms with van der Waals surface area (Å²) < 4.78 is 54.4. The molecule has 2 N–H and O–H groups in total. The van der Waals surface area contributed by atoms with Gasteiger partial charge in [0.2, 0.25) is 0 Å². The van der Waals surface area contributed by atoms with Gasteiger partial charge in [0.15, 0.2) is 0 Å². The van der Waals surface area contributed by atoms with Gasteiger partial charge >= 0.3 is 0 Å². The monoisotopic (exact) mass is 330 g/mol. The lowest BCUT2D eigenvalue weighted by molar-refractivity contribution is 0.428. The molecule has 0 amide bonds. The van der Waals surface area contributed by atoms with Gasteiger partial charge in [0, 0.05) is 39.3 Å². The van der Waals surface area contributed by atoms with Crippen molar-refractivity contribution in [3.05, 3.63) is 0 Å². The number of nitrogens with zero attached hydrogens (tertiary/aromatic N) is 2. The molecule has 0 heterocycles. The molecule has 0 radical (unpaired) electrons. The summed E-state index contributed by atoms with van der Waals surface area (Å²) in [4.78, 5) is 0. The van der Waals surface area contributed by atoms with Crippen molar-refractivity contribution in [3.8, 4) is 0 Å². The molecule has 10 heteroatoms. The summed E-state index contributed by atoms with van der Waals surface area (Å²) >= 11 is 0. The Morgan fingerprint density at radius 3 is 1.10 bits per heavy atom. The molecule has 122 valence electrons. The molecule has 0 bridgehead atoms. The standard InChI is InChI=1S/C10H26N4O4S2/c1-5-13(6-2)19(15,16)11-9-10-12-20(17,18)14(7-3)8-4/h11-12H,5-10H2,1-4H3. The summed E-state index contributed by atoms with van der Waals surface area (Å²) in [6.45, 7) is 8.48. The third kappa shape index (κ3) is 6.02. The third-order valence-electron chi connectivity index (χ3n) is 2.78. The first-order chi connectivity index (χ1) is 9.25. The number of rotatable bonds is 11. The first-order valence-electron chi connectivity index (χ1n) is 6.74. The molecule has 0 fully saturated rings. The molecular weight excluding hydrogens is 304 g/mol. The zero-order valence-electron chi connectivity index (χ0n) is 12.6. The van der Waals surface area contributed by atoms with E-state index in [1.807, 2.05) is 0 Å². The molecule has 0 aromatic carbocycles. The van der Waals surface area contributed by atoms with Gasteiger partial charge in [0.05, 0.1) is 0 Å². The summed E-state index contributed by atoms with van der Waals surface area (Å²) in [5, 5.41) is 0. The van der Waals surface area contributed by atoms with E-state index in [1.54, 1.807) is 27.7 Å². The molecule has 0 aliphatic rings. The van der Waals surface area contributed by atoms with Crippen LogP contribution in [0.4, 0.5) is 0 Å². The van der Waals surface area contributed by atoms with Crippen molar-refractivity contribution < 1.29 is 16.8 Å². The van der Waals surface area contributed by atoms with Crippen LogP contribution >= 0.6 is 0 Å². The van der Waals surface area contributed by atoms with Crippen LogP contribution in [0.25, 0.3) is 0 Å². The highest BCUT2D eigenvalue weighted by molar-refractivity contribution is 7.87. The van der Waals surface area contributed by atoms with Gasteiger partial charge < -0.3 is 0 Å². The van der Waals surface area contributed by atoms with E-state index in [0.29, 0.717) is 26.2 Å². The Labute approximate surface area is 122 Å². The Balaban J connectivity index is 4.34. The van der Waals surface area contributed by atoms with Crippen LogP contribution in [0.15, 0.2) is 0 Å². The highest BCUT2D eigenvalue weighted by Crippen LogP contribution is 1.97. The molecular formula is C10H26N4O4S2. The lowest BCUT2D eigenvalue weighted by Crippen LogP contribution is -2.46. The average Bonchev–Trinajstić information content (AvgIpc) is 2.37. The number of hydrogen-bond acceptors (Lipinski definition) is 4. The molecule has 0 aromatic heterocycles. The van der Waals surface area contributed by atoms with E-state index in [-0.39, 0.29) is 13.1 Å². The van der Waals surface area contributed by atoms with Crippen LogP contribution in [0, 0.1) is 0 Å². The maximum absolute atomic E-state index is 11.8. The summed E-state index contributed by atoms with van der Waals surface area (Å²) in [7, 11) is -7.07. The van der Waals surface area contributed by atoms with Crippen molar-refractivity contribution in [2.24, 2.45) is 0 Å². The fraction of sp³-hybridized carbons (Fsp3) is 1.00. The second-order valence-electron chi connectivity index (χ2n) is 3.97. The highest BCUT2D eigenvalue weighted by atomic mass is 32.2. The summed E-state index contributed by atoms with van der Waals surface area (Å²) in [5.41, 5.74) is 0. The van der Waals surface area contributed by atoms with E-state index in [4.69, 9.17) is 0 Å². The Hall–Kier alpha value is -0.260. The van der Waals surface area contributed by atoms with Crippen molar-refractivity contribution in [1.29, 1.82) is 0 Å². The van der Waals surface area contributed by atoms with E-state index < -0.39 is 20.4 Å². The van der Waals surface area contributed by atoms with Crippen LogP contribution in [0.3, 0.4) is 0 Å². The number of nitrogens with one attached hydrogen (secondary N) is 2. The fourth-order valence-electron chi connectivity index (χ4n) is 1.67. The lowest BCUT2D eigenvalue weighted by Gasteiger charge is -2.20. The quantitative estimate of drug-likeness (QED) is 0.491. The van der Waals surface area contributed by atoms with Crippen LogP contribution in [0.2, 0.25) is 0 Å². The van der Waals surface area contributed by atoms with Crippen LogP contribution in [-0.4, -0.2) is 64.7 Å². The second-order valence-corrected chi connectivity index (χ2v) is 7.48. The zero-order valence-corrected chi connectivity index (χ0v) is 14.2. The van der Waals surface area contributed by atoms with Crippen LogP contribution < -0.4 is 9.44 Å². The van der Waals surface area contributed by atoms with Crippen molar-refractivity contribution in [3.63, 3.8) is 0 Å². The maximum Gasteiger partial charge on any atom is 0.279 e. The first kappa shape index (κ1) is 19.7. The molecule has 0 spiro atoms. The third-order valence-corrected chi connectivity index (χ3v) is 6.31. The molecule has 0 aromatic rings. The fourth-order valence-corrected chi connectivity index (χ4v) is 4.11.